The summed E-state index contributed by atoms with van der Waals surface area (Å²) in [7, 11) is 6.62. The van der Waals surface area contributed by atoms with Crippen LogP contribution in [0.2, 0.25) is 0 Å². The molecule has 654 valence electrons. The highest BCUT2D eigenvalue weighted by Crippen LogP contribution is 2.55. The number of ether oxygens (including phenoxy) is 2. The van der Waals surface area contributed by atoms with Crippen molar-refractivity contribution in [2.75, 3.05) is 107 Å². The molecule has 5 aromatic rings. The number of benzene rings is 5. The summed E-state index contributed by atoms with van der Waals surface area (Å²) in [6, 6.07) is 24.5. The molecule has 5 aromatic carbocycles. The SMILES string of the molecule is CCOC(=O)OC1=C(c2cc(C)ccc2C)C(=O)CC12CCN(OC)CC2.CCON1CCC2(CC1)NC(=O)C(c1c(C)cc(C)cc1C)=C2O.CCc1cc(C)cc(CC)c1C1=C(O)C2(CCN(OC)CC2)NC1=O.CON1CCC2(CC1)CC(=O)C(c1c(C)cc(C)cc1C)=C2O.CON1CCC2(CC1)CC(=O)C(c1cc(C)ccc1C)=C2O. The monoisotopic (exact) mass is 1660 g/mol. The molecule has 121 heavy (non-hydrogen) atoms. The van der Waals surface area contributed by atoms with Crippen LogP contribution in [0.4, 0.5) is 4.79 Å². The molecule has 7 heterocycles. The van der Waals surface area contributed by atoms with Crippen molar-refractivity contribution < 1.29 is 82.9 Å². The van der Waals surface area contributed by atoms with Crippen molar-refractivity contribution >= 4 is 63.2 Å². The molecule has 15 rings (SSSR count). The van der Waals surface area contributed by atoms with E-state index in [4.69, 9.17) is 33.7 Å². The first kappa shape index (κ1) is 92.5. The second-order valence-corrected chi connectivity index (χ2v) is 34.7. The molecular formula is C97H129N7O17. The van der Waals surface area contributed by atoms with Gasteiger partial charge in [-0.05, 0) is 239 Å². The number of hydrogen-bond acceptors (Lipinski definition) is 22. The van der Waals surface area contributed by atoms with Crippen molar-refractivity contribution in [3.63, 3.8) is 0 Å². The van der Waals surface area contributed by atoms with Gasteiger partial charge in [-0.2, -0.15) is 25.3 Å². The zero-order chi connectivity index (χ0) is 88.0. The lowest BCUT2D eigenvalue weighted by molar-refractivity contribution is -0.172. The number of piperidine rings is 5. The minimum atomic E-state index is -0.751. The molecule has 2 amide bonds. The van der Waals surface area contributed by atoms with Gasteiger partial charge in [0.2, 0.25) is 0 Å². The maximum absolute atomic E-state index is 13.1. The zero-order valence-corrected chi connectivity index (χ0v) is 74.9. The molecule has 10 aliphatic rings. The third-order valence-electron chi connectivity index (χ3n) is 26.7. The molecule has 0 atom stereocenters. The van der Waals surface area contributed by atoms with Gasteiger partial charge in [-0.1, -0.05) is 114 Å². The van der Waals surface area contributed by atoms with Gasteiger partial charge in [0.25, 0.3) is 11.8 Å². The van der Waals surface area contributed by atoms with E-state index >= 15 is 0 Å². The molecule has 3 aliphatic carbocycles. The zero-order valence-electron chi connectivity index (χ0n) is 74.9. The van der Waals surface area contributed by atoms with E-state index in [9.17, 15) is 49.2 Å². The van der Waals surface area contributed by atoms with Crippen molar-refractivity contribution in [2.45, 2.75) is 211 Å². The summed E-state index contributed by atoms with van der Waals surface area (Å²) in [4.78, 5) is 103. The van der Waals surface area contributed by atoms with Gasteiger partial charge in [-0.3, -0.25) is 28.8 Å². The Morgan fingerprint density at radius 1 is 0.364 bits per heavy atom. The Morgan fingerprint density at radius 3 is 1.08 bits per heavy atom. The van der Waals surface area contributed by atoms with Crippen LogP contribution >= 0.6 is 0 Å². The van der Waals surface area contributed by atoms with E-state index in [1.807, 2.05) is 131 Å². The topological polar surface area (TPSA) is 288 Å². The lowest BCUT2D eigenvalue weighted by atomic mass is 9.77. The lowest BCUT2D eigenvalue weighted by Crippen LogP contribution is -2.52. The molecule has 5 fully saturated rings. The van der Waals surface area contributed by atoms with Crippen molar-refractivity contribution in [1.29, 1.82) is 0 Å². The van der Waals surface area contributed by atoms with Crippen LogP contribution in [0, 0.1) is 92.4 Å². The molecule has 0 bridgehead atoms. The molecule has 0 aromatic heterocycles. The van der Waals surface area contributed by atoms with Crippen LogP contribution in [0.15, 0.2) is 102 Å². The average Bonchev–Trinajstić information content (AvgIpc) is 1.66. The highest BCUT2D eigenvalue weighted by Gasteiger charge is 2.54. The van der Waals surface area contributed by atoms with Crippen LogP contribution in [0.25, 0.3) is 27.9 Å². The minimum Gasteiger partial charge on any atom is -0.511 e. The fourth-order valence-corrected chi connectivity index (χ4v) is 20.1. The van der Waals surface area contributed by atoms with Gasteiger partial charge in [0.15, 0.2) is 17.3 Å². The molecule has 5 spiro atoms. The number of nitrogens with one attached hydrogen (secondary N) is 2. The summed E-state index contributed by atoms with van der Waals surface area (Å²) in [5.41, 5.74) is 18.5. The molecule has 5 saturated heterocycles. The number of rotatable bonds is 15. The predicted molar refractivity (Wildman–Crippen MR) is 468 cm³/mol. The molecule has 24 nitrogen and oxygen atoms in total. The molecule has 7 aliphatic heterocycles. The van der Waals surface area contributed by atoms with E-state index in [0.717, 1.165) is 154 Å². The highest BCUT2D eigenvalue weighted by atomic mass is 16.7. The van der Waals surface area contributed by atoms with Crippen molar-refractivity contribution in [3.05, 3.63) is 202 Å². The van der Waals surface area contributed by atoms with E-state index in [1.54, 1.807) is 35.4 Å². The number of aliphatic hydroxyl groups is 4. The van der Waals surface area contributed by atoms with Crippen LogP contribution in [0.1, 0.15) is 211 Å². The molecule has 24 heteroatoms. The second kappa shape index (κ2) is 38.7. The summed E-state index contributed by atoms with van der Waals surface area (Å²) in [6.45, 7) is 37.9. The molecular weight excluding hydrogens is 1540 g/mol. The predicted octanol–water partition coefficient (Wildman–Crippen LogP) is 16.2. The maximum atomic E-state index is 13.1. The van der Waals surface area contributed by atoms with Crippen LogP contribution in [-0.2, 0) is 70.5 Å². The normalized spacial score (nSPS) is 20.8. The summed E-state index contributed by atoms with van der Waals surface area (Å²) >= 11 is 0. The van der Waals surface area contributed by atoms with Crippen LogP contribution in [0.5, 0.6) is 0 Å². The first-order valence-electron chi connectivity index (χ1n) is 43.1. The number of nitrogens with zero attached hydrogens (tertiary/aromatic N) is 5. The Hall–Kier alpha value is -9.18. The number of allylic oxidation sites excluding steroid dienone is 6. The van der Waals surface area contributed by atoms with Gasteiger partial charge in [0, 0.05) is 101 Å². The Kier molecular flexibility index (Phi) is 29.6. The first-order chi connectivity index (χ1) is 57.6. The Balaban J connectivity index is 0.000000148. The molecule has 0 saturated carbocycles. The first-order valence-corrected chi connectivity index (χ1v) is 43.1. The quantitative estimate of drug-likeness (QED) is 0.0531. The Morgan fingerprint density at radius 2 is 0.694 bits per heavy atom. The fraction of sp³-hybridized carbons (Fsp3) is 0.526. The largest absolute Gasteiger partial charge is 0.513 e. The second-order valence-electron chi connectivity index (χ2n) is 34.7. The number of hydrogen-bond donors (Lipinski definition) is 6. The number of carbonyl (C=O) groups is 6. The van der Waals surface area contributed by atoms with Gasteiger partial charge in [0.1, 0.15) is 39.9 Å². The average molecular weight is 1670 g/mol. The molecule has 0 radical (unpaired) electrons. The van der Waals surface area contributed by atoms with E-state index < -0.39 is 33.5 Å². The van der Waals surface area contributed by atoms with Crippen LogP contribution < -0.4 is 10.6 Å². The Bertz CT molecular complexity index is 4860. The molecule has 0 unspecified atom stereocenters. The number of aliphatic hydroxyl groups excluding tert-OH is 4. The summed E-state index contributed by atoms with van der Waals surface area (Å²) < 4.78 is 10.7. The molecule has 6 N–H and O–H groups in total. The standard InChI is InChI=1S/C21H27NO5.C20H28N2O3.C19H26N2O3.C19H25NO3.C18H23NO3/c1-5-26-20(24)27-19-18(16-12-14(2)6-7-15(16)3)17(23)13-21(19)8-10-22(25-4)11-9-21;1-5-14-11-13(3)12-15(6-2)16(14)17-18(23)20(21-19(17)24)7-9-22(25-4)10-8-20;1-5-24-21-8-6-19(7-9-21)17(22)16(18(23)20-19)15-13(3)10-12(2)11-14(15)4;1-12-9-13(2)16(14(3)10-12)17-15(21)11-19(18(17)22)5-7-20(23-4)8-6-19;1-12-4-5-13(2)14(10-12)16-15(20)11-18(17(16)21)6-8-19(22-3)9-7-18/h6-7,12H,5,8-11,13H2,1-4H3;11-12,23H,5-10H2,1-4H3,(H,21,24);10-11,22H,5-9H2,1-4H3,(H,20,23);9-10,22H,5-8,11H2,1-4H3;4-5,10,21H,6-9,11H2,1-3H3. The summed E-state index contributed by atoms with van der Waals surface area (Å²) in [6.07, 6.45) is 9.10. The van der Waals surface area contributed by atoms with E-state index in [2.05, 4.69) is 74.7 Å². The van der Waals surface area contributed by atoms with Crippen molar-refractivity contribution in [3.8, 4) is 0 Å². The number of hydroxylamine groups is 10. The summed E-state index contributed by atoms with van der Waals surface area (Å²) in [5, 5.41) is 59.4. The lowest BCUT2D eigenvalue weighted by Gasteiger charge is -2.38. The number of carbonyl (C=O) groups excluding carboxylic acids is 6. The number of aryl methyl sites for hydroxylation is 13. The number of Topliss-reactive ketones (excluding diaryl/α,β-unsaturated/α-hetero) is 3. The third-order valence-corrected chi connectivity index (χ3v) is 26.7. The van der Waals surface area contributed by atoms with Gasteiger partial charge >= 0.3 is 6.16 Å². The van der Waals surface area contributed by atoms with Gasteiger partial charge in [-0.15, -0.1) is 0 Å². The third kappa shape index (κ3) is 19.1. The van der Waals surface area contributed by atoms with Crippen molar-refractivity contribution in [1.82, 2.24) is 35.9 Å². The van der Waals surface area contributed by atoms with Crippen LogP contribution in [-0.4, -0.2) is 199 Å². The Labute approximate surface area is 714 Å². The van der Waals surface area contributed by atoms with Gasteiger partial charge in [-0.25, -0.2) is 4.79 Å². The minimum absolute atomic E-state index is 0.0221. The number of ketones is 3. The van der Waals surface area contributed by atoms with E-state index in [0.29, 0.717) is 149 Å². The highest BCUT2D eigenvalue weighted by molar-refractivity contribution is 6.27. The maximum Gasteiger partial charge on any atom is 0.513 e. The van der Waals surface area contributed by atoms with Gasteiger partial charge < -0.3 is 59.9 Å². The van der Waals surface area contributed by atoms with Crippen molar-refractivity contribution in [2.24, 2.45) is 16.2 Å². The van der Waals surface area contributed by atoms with E-state index in [1.165, 1.54) is 11.1 Å². The number of amides is 2. The van der Waals surface area contributed by atoms with E-state index in [-0.39, 0.29) is 47.3 Å². The fourth-order valence-electron chi connectivity index (χ4n) is 20.1. The van der Waals surface area contributed by atoms with Gasteiger partial charge in [0.05, 0.1) is 69.5 Å². The smallest absolute Gasteiger partial charge is 0.511 e. The summed E-state index contributed by atoms with van der Waals surface area (Å²) in [5.74, 6) is 1.30. The van der Waals surface area contributed by atoms with Crippen LogP contribution in [0.3, 0.4) is 0 Å².